The maximum atomic E-state index is 13.0. The first-order chi connectivity index (χ1) is 13.0. The van der Waals surface area contributed by atoms with Gasteiger partial charge in [-0.3, -0.25) is 4.79 Å². The van der Waals surface area contributed by atoms with Gasteiger partial charge in [0.25, 0.3) is 0 Å². The third kappa shape index (κ3) is 3.39. The van der Waals surface area contributed by atoms with E-state index in [1.807, 2.05) is 25.1 Å². The molecule has 1 amide bonds. The number of benzene rings is 2. The molecule has 0 aromatic heterocycles. The van der Waals surface area contributed by atoms with Crippen molar-refractivity contribution in [3.05, 3.63) is 59.2 Å². The topological polar surface area (TPSA) is 66.5 Å². The molecule has 2 aromatic rings. The molecule has 0 bridgehead atoms. The van der Waals surface area contributed by atoms with Gasteiger partial charge in [0.1, 0.15) is 0 Å². The number of amides is 1. The first-order valence-corrected chi connectivity index (χ1v) is 11.0. The van der Waals surface area contributed by atoms with Crippen LogP contribution in [0.5, 0.6) is 0 Å². The molecule has 1 atom stereocenters. The summed E-state index contributed by atoms with van der Waals surface area (Å²) in [4.78, 5) is 14.1. The largest absolute Gasteiger partial charge is 0.312 e. The fraction of sp³-hybridized carbons (Fsp3) is 0.381. The molecule has 142 valence electrons. The van der Waals surface area contributed by atoms with E-state index in [0.29, 0.717) is 19.4 Å². The number of sulfonamides is 1. The Hall–Kier alpha value is -2.18. The normalized spacial score (nSPS) is 18.9. The molecule has 1 N–H and O–H groups in total. The summed E-state index contributed by atoms with van der Waals surface area (Å²) in [5.74, 6) is 0.0706. The van der Waals surface area contributed by atoms with E-state index in [1.54, 1.807) is 23.1 Å². The lowest BCUT2D eigenvalue weighted by Gasteiger charge is -2.26. The Bertz CT molecular complexity index is 985. The first kappa shape index (κ1) is 18.2. The number of hydrogen-bond acceptors (Lipinski definition) is 3. The van der Waals surface area contributed by atoms with Crippen LogP contribution in [0.2, 0.25) is 0 Å². The summed E-state index contributed by atoms with van der Waals surface area (Å²) in [6.45, 7) is 2.46. The van der Waals surface area contributed by atoms with E-state index in [2.05, 4.69) is 10.8 Å². The van der Waals surface area contributed by atoms with Crippen molar-refractivity contribution in [2.75, 3.05) is 11.4 Å². The van der Waals surface area contributed by atoms with Gasteiger partial charge in [-0.05, 0) is 60.6 Å². The number of nitrogens with one attached hydrogen (secondary N) is 1. The summed E-state index contributed by atoms with van der Waals surface area (Å²) in [5, 5.41) is 0. The van der Waals surface area contributed by atoms with Gasteiger partial charge < -0.3 is 4.90 Å². The van der Waals surface area contributed by atoms with Gasteiger partial charge in [-0.15, -0.1) is 0 Å². The summed E-state index contributed by atoms with van der Waals surface area (Å²) in [5.41, 5.74) is 4.06. The lowest BCUT2D eigenvalue weighted by molar-refractivity contribution is -0.118. The summed E-state index contributed by atoms with van der Waals surface area (Å²) >= 11 is 0. The molecular weight excluding hydrogens is 360 g/mol. The molecule has 0 saturated heterocycles. The second-order valence-corrected chi connectivity index (χ2v) is 8.92. The van der Waals surface area contributed by atoms with Crippen molar-refractivity contribution in [1.29, 1.82) is 0 Å². The predicted octanol–water partition coefficient (Wildman–Crippen LogP) is 3.34. The van der Waals surface area contributed by atoms with Crippen LogP contribution in [-0.2, 0) is 27.7 Å². The summed E-state index contributed by atoms with van der Waals surface area (Å²) in [7, 11) is -3.62. The highest BCUT2D eigenvalue weighted by molar-refractivity contribution is 7.89. The highest BCUT2D eigenvalue weighted by Gasteiger charge is 2.28. The first-order valence-electron chi connectivity index (χ1n) is 9.53. The van der Waals surface area contributed by atoms with Crippen LogP contribution in [0.4, 0.5) is 5.69 Å². The SMILES string of the molecule is CCC(=O)N1CCc2cc(S(=O)(=O)N[C@@H]3CCCc4ccccc43)ccc21. The smallest absolute Gasteiger partial charge is 0.241 e. The molecule has 0 fully saturated rings. The highest BCUT2D eigenvalue weighted by atomic mass is 32.2. The summed E-state index contributed by atoms with van der Waals surface area (Å²) in [6, 6.07) is 12.9. The summed E-state index contributed by atoms with van der Waals surface area (Å²) in [6.07, 6.45) is 3.91. The molecule has 0 spiro atoms. The molecule has 2 aliphatic rings. The van der Waals surface area contributed by atoms with E-state index in [9.17, 15) is 13.2 Å². The second kappa shape index (κ2) is 7.09. The van der Waals surface area contributed by atoms with Gasteiger partial charge in [0.2, 0.25) is 15.9 Å². The molecule has 27 heavy (non-hydrogen) atoms. The average Bonchev–Trinajstić information content (AvgIpc) is 3.11. The average molecular weight is 385 g/mol. The quantitative estimate of drug-likeness (QED) is 0.879. The number of fused-ring (bicyclic) bond motifs is 2. The van der Waals surface area contributed by atoms with Gasteiger partial charge >= 0.3 is 0 Å². The number of nitrogens with zero attached hydrogens (tertiary/aromatic N) is 1. The molecule has 5 nitrogen and oxygen atoms in total. The zero-order valence-corrected chi connectivity index (χ0v) is 16.3. The Labute approximate surface area is 160 Å². The molecule has 2 aromatic carbocycles. The number of hydrogen-bond donors (Lipinski definition) is 1. The number of anilines is 1. The van der Waals surface area contributed by atoms with Crippen LogP contribution in [0.1, 0.15) is 48.9 Å². The zero-order valence-electron chi connectivity index (χ0n) is 15.4. The van der Waals surface area contributed by atoms with Gasteiger partial charge in [-0.25, -0.2) is 13.1 Å². The minimum Gasteiger partial charge on any atom is -0.312 e. The van der Waals surface area contributed by atoms with E-state index in [0.717, 1.165) is 36.1 Å². The summed E-state index contributed by atoms with van der Waals surface area (Å²) < 4.78 is 28.9. The molecule has 1 heterocycles. The number of aryl methyl sites for hydroxylation is 1. The van der Waals surface area contributed by atoms with E-state index in [4.69, 9.17) is 0 Å². The van der Waals surface area contributed by atoms with Crippen molar-refractivity contribution in [2.45, 2.75) is 50.0 Å². The monoisotopic (exact) mass is 384 g/mol. The van der Waals surface area contributed by atoms with Crippen molar-refractivity contribution in [3.63, 3.8) is 0 Å². The fourth-order valence-corrected chi connectivity index (χ4v) is 5.43. The van der Waals surface area contributed by atoms with Crippen LogP contribution >= 0.6 is 0 Å². The van der Waals surface area contributed by atoms with Gasteiger partial charge in [0.15, 0.2) is 0 Å². The van der Waals surface area contributed by atoms with Crippen molar-refractivity contribution >= 4 is 21.6 Å². The molecule has 0 saturated carbocycles. The van der Waals surface area contributed by atoms with Crippen molar-refractivity contribution in [3.8, 4) is 0 Å². The van der Waals surface area contributed by atoms with Crippen LogP contribution in [-0.4, -0.2) is 20.9 Å². The van der Waals surface area contributed by atoms with Crippen LogP contribution < -0.4 is 9.62 Å². The Kier molecular flexibility index (Phi) is 4.78. The van der Waals surface area contributed by atoms with Gasteiger partial charge in [-0.2, -0.15) is 0 Å². The molecule has 1 aliphatic heterocycles. The van der Waals surface area contributed by atoms with E-state index in [-0.39, 0.29) is 16.8 Å². The predicted molar refractivity (Wildman–Crippen MR) is 105 cm³/mol. The van der Waals surface area contributed by atoms with Crippen molar-refractivity contribution in [2.24, 2.45) is 0 Å². The van der Waals surface area contributed by atoms with E-state index >= 15 is 0 Å². The van der Waals surface area contributed by atoms with Gasteiger partial charge in [-0.1, -0.05) is 31.2 Å². The lowest BCUT2D eigenvalue weighted by atomic mass is 9.88. The van der Waals surface area contributed by atoms with E-state index < -0.39 is 10.0 Å². The molecule has 0 radical (unpaired) electrons. The Morgan fingerprint density at radius 2 is 1.96 bits per heavy atom. The van der Waals surface area contributed by atoms with Crippen LogP contribution in [0.25, 0.3) is 0 Å². The zero-order chi connectivity index (χ0) is 19.0. The molecule has 1 aliphatic carbocycles. The Balaban J connectivity index is 1.60. The number of carbonyl (C=O) groups is 1. The number of rotatable bonds is 4. The maximum absolute atomic E-state index is 13.0. The third-order valence-electron chi connectivity index (χ3n) is 5.53. The van der Waals surface area contributed by atoms with Crippen LogP contribution in [0.15, 0.2) is 47.4 Å². The molecule has 6 heteroatoms. The number of carbonyl (C=O) groups excluding carboxylic acids is 1. The Morgan fingerprint density at radius 3 is 2.78 bits per heavy atom. The lowest BCUT2D eigenvalue weighted by Crippen LogP contribution is -2.31. The van der Waals surface area contributed by atoms with Crippen molar-refractivity contribution in [1.82, 2.24) is 4.72 Å². The fourth-order valence-electron chi connectivity index (χ4n) is 4.13. The van der Waals surface area contributed by atoms with Gasteiger partial charge in [0.05, 0.1) is 4.90 Å². The minimum atomic E-state index is -3.62. The van der Waals surface area contributed by atoms with E-state index in [1.165, 1.54) is 5.56 Å². The molecule has 0 unspecified atom stereocenters. The second-order valence-electron chi connectivity index (χ2n) is 7.20. The highest BCUT2D eigenvalue weighted by Crippen LogP contribution is 2.33. The van der Waals surface area contributed by atoms with Crippen molar-refractivity contribution < 1.29 is 13.2 Å². The Morgan fingerprint density at radius 1 is 1.15 bits per heavy atom. The standard InChI is InChI=1S/C21H24N2O3S/c1-2-21(24)23-13-12-16-14-17(10-11-20(16)23)27(25,26)22-19-9-5-7-15-6-3-4-8-18(15)19/h3-4,6,8,10-11,14,19,22H,2,5,7,9,12-13H2,1H3/t19-/m1/s1. The third-order valence-corrected chi connectivity index (χ3v) is 7.00. The molecular formula is C21H24N2O3S. The minimum absolute atomic E-state index is 0.0706. The van der Waals surface area contributed by atoms with Crippen LogP contribution in [0, 0.1) is 0 Å². The van der Waals surface area contributed by atoms with Gasteiger partial charge in [0, 0.05) is 24.7 Å². The maximum Gasteiger partial charge on any atom is 0.241 e. The van der Waals surface area contributed by atoms with Crippen LogP contribution in [0.3, 0.4) is 0 Å². The molecule has 4 rings (SSSR count).